The second-order valence-corrected chi connectivity index (χ2v) is 8.49. The third kappa shape index (κ3) is 2.55. The summed E-state index contributed by atoms with van der Waals surface area (Å²) in [7, 11) is -3.01. The number of aromatic amines is 1. The molecule has 2 fully saturated rings. The van der Waals surface area contributed by atoms with E-state index in [0.29, 0.717) is 13.1 Å². The number of aromatic nitrogens is 1. The standard InChI is InChI=1S/C16H21N3O2S/c20-22(21,15-4-5-15)19-10-8-18(9-11-19)12-14-3-1-2-13-6-7-17-16(13)14/h1-3,6-7,15,17H,4-5,8-12H2. The van der Waals surface area contributed by atoms with E-state index in [1.807, 2.05) is 6.20 Å². The maximum Gasteiger partial charge on any atom is 0.217 e. The topological polar surface area (TPSA) is 56.4 Å². The predicted molar refractivity (Wildman–Crippen MR) is 87.1 cm³/mol. The number of rotatable bonds is 4. The third-order valence-corrected chi connectivity index (χ3v) is 7.10. The summed E-state index contributed by atoms with van der Waals surface area (Å²) in [4.78, 5) is 5.64. The second kappa shape index (κ2) is 5.37. The highest BCUT2D eigenvalue weighted by Gasteiger charge is 2.40. The molecule has 0 spiro atoms. The minimum atomic E-state index is -3.01. The van der Waals surface area contributed by atoms with Gasteiger partial charge >= 0.3 is 0 Å². The molecule has 5 nitrogen and oxygen atoms in total. The van der Waals surface area contributed by atoms with Crippen LogP contribution in [-0.2, 0) is 16.6 Å². The average Bonchev–Trinajstić information content (AvgIpc) is 3.27. The van der Waals surface area contributed by atoms with E-state index in [2.05, 4.69) is 34.1 Å². The Kier molecular flexibility index (Phi) is 3.47. The van der Waals surface area contributed by atoms with Crippen molar-refractivity contribution in [2.75, 3.05) is 26.2 Å². The minimum absolute atomic E-state index is 0.0910. The monoisotopic (exact) mass is 319 g/mol. The molecule has 1 aromatic heterocycles. The lowest BCUT2D eigenvalue weighted by Gasteiger charge is -2.34. The number of benzene rings is 1. The van der Waals surface area contributed by atoms with Crippen molar-refractivity contribution in [3.63, 3.8) is 0 Å². The van der Waals surface area contributed by atoms with Gasteiger partial charge in [0.05, 0.1) is 5.25 Å². The molecule has 2 heterocycles. The van der Waals surface area contributed by atoms with Crippen LogP contribution in [0.3, 0.4) is 0 Å². The first-order chi connectivity index (χ1) is 10.6. The molecule has 118 valence electrons. The van der Waals surface area contributed by atoms with Crippen LogP contribution in [0.5, 0.6) is 0 Å². The first-order valence-corrected chi connectivity index (χ1v) is 9.41. The smallest absolute Gasteiger partial charge is 0.217 e. The molecule has 0 amide bonds. The van der Waals surface area contributed by atoms with Gasteiger partial charge in [0.25, 0.3) is 0 Å². The molecule has 1 saturated carbocycles. The molecular weight excluding hydrogens is 298 g/mol. The fourth-order valence-electron chi connectivity index (χ4n) is 3.24. The Morgan fingerprint density at radius 3 is 2.59 bits per heavy atom. The van der Waals surface area contributed by atoms with Crippen LogP contribution >= 0.6 is 0 Å². The van der Waals surface area contributed by atoms with Gasteiger partial charge in [-0.3, -0.25) is 4.90 Å². The quantitative estimate of drug-likeness (QED) is 0.934. The summed E-state index contributed by atoms with van der Waals surface area (Å²) in [5, 5.41) is 1.14. The molecule has 1 saturated heterocycles. The molecule has 0 unspecified atom stereocenters. The third-order valence-electron chi connectivity index (χ3n) is 4.70. The highest BCUT2D eigenvalue weighted by Crippen LogP contribution is 2.31. The van der Waals surface area contributed by atoms with Crippen LogP contribution in [0.4, 0.5) is 0 Å². The van der Waals surface area contributed by atoms with E-state index in [-0.39, 0.29) is 5.25 Å². The van der Waals surface area contributed by atoms with Crippen molar-refractivity contribution >= 4 is 20.9 Å². The molecule has 0 bridgehead atoms. The fraction of sp³-hybridized carbons (Fsp3) is 0.500. The number of hydrogen-bond acceptors (Lipinski definition) is 3. The van der Waals surface area contributed by atoms with Gasteiger partial charge in [-0.25, -0.2) is 8.42 Å². The molecule has 2 aliphatic rings. The Labute approximate surface area is 131 Å². The first-order valence-electron chi connectivity index (χ1n) is 7.91. The number of piperazine rings is 1. The van der Waals surface area contributed by atoms with Crippen LogP contribution in [0.15, 0.2) is 30.5 Å². The van der Waals surface area contributed by atoms with Crippen LogP contribution in [0.2, 0.25) is 0 Å². The van der Waals surface area contributed by atoms with E-state index in [1.165, 1.54) is 16.5 Å². The molecule has 4 rings (SSSR count). The summed E-state index contributed by atoms with van der Waals surface area (Å²) in [5.41, 5.74) is 2.47. The summed E-state index contributed by atoms with van der Waals surface area (Å²) in [5.74, 6) is 0. The van der Waals surface area contributed by atoms with Gasteiger partial charge in [0.15, 0.2) is 0 Å². The lowest BCUT2D eigenvalue weighted by atomic mass is 10.1. The predicted octanol–water partition coefficient (Wildman–Crippen LogP) is 1.78. The highest BCUT2D eigenvalue weighted by molar-refractivity contribution is 7.90. The molecular formula is C16H21N3O2S. The number of nitrogens with one attached hydrogen (secondary N) is 1. The van der Waals surface area contributed by atoms with Crippen molar-refractivity contribution in [2.24, 2.45) is 0 Å². The van der Waals surface area contributed by atoms with Crippen LogP contribution in [0, 0.1) is 0 Å². The van der Waals surface area contributed by atoms with Crippen molar-refractivity contribution in [2.45, 2.75) is 24.6 Å². The first kappa shape index (κ1) is 14.2. The Hall–Kier alpha value is -1.37. The van der Waals surface area contributed by atoms with Gasteiger partial charge in [-0.05, 0) is 29.9 Å². The van der Waals surface area contributed by atoms with Crippen molar-refractivity contribution in [1.82, 2.24) is 14.2 Å². The molecule has 1 aliphatic carbocycles. The SMILES string of the molecule is O=S(=O)(C1CC1)N1CCN(Cc2cccc3cc[nH]c23)CC1. The van der Waals surface area contributed by atoms with Gasteiger partial charge in [0, 0.05) is 44.4 Å². The number of H-pyrrole nitrogens is 1. The molecule has 22 heavy (non-hydrogen) atoms. The molecule has 1 N–H and O–H groups in total. The Balaban J connectivity index is 1.43. The van der Waals surface area contributed by atoms with Gasteiger partial charge in [-0.1, -0.05) is 18.2 Å². The van der Waals surface area contributed by atoms with E-state index in [4.69, 9.17) is 0 Å². The molecule has 1 aromatic carbocycles. The maximum absolute atomic E-state index is 12.3. The molecule has 1 aliphatic heterocycles. The van der Waals surface area contributed by atoms with Gasteiger partial charge in [-0.15, -0.1) is 0 Å². The van der Waals surface area contributed by atoms with E-state index >= 15 is 0 Å². The van der Waals surface area contributed by atoms with Gasteiger partial charge in [0.1, 0.15) is 0 Å². The maximum atomic E-state index is 12.3. The van der Waals surface area contributed by atoms with E-state index in [0.717, 1.165) is 32.5 Å². The number of fused-ring (bicyclic) bond motifs is 1. The lowest BCUT2D eigenvalue weighted by molar-refractivity contribution is 0.182. The van der Waals surface area contributed by atoms with Crippen LogP contribution < -0.4 is 0 Å². The van der Waals surface area contributed by atoms with E-state index in [9.17, 15) is 8.42 Å². The second-order valence-electron chi connectivity index (χ2n) is 6.28. The van der Waals surface area contributed by atoms with Crippen LogP contribution in [0.25, 0.3) is 10.9 Å². The van der Waals surface area contributed by atoms with Crippen molar-refractivity contribution in [1.29, 1.82) is 0 Å². The van der Waals surface area contributed by atoms with Crippen molar-refractivity contribution in [3.8, 4) is 0 Å². The van der Waals surface area contributed by atoms with Gasteiger partial charge < -0.3 is 4.98 Å². The summed E-state index contributed by atoms with van der Waals surface area (Å²) in [6, 6.07) is 8.42. The van der Waals surface area contributed by atoms with Crippen LogP contribution in [-0.4, -0.2) is 54.0 Å². The molecule has 6 heteroatoms. The van der Waals surface area contributed by atoms with Crippen LogP contribution in [0.1, 0.15) is 18.4 Å². The zero-order chi connectivity index (χ0) is 15.2. The minimum Gasteiger partial charge on any atom is -0.361 e. The summed E-state index contributed by atoms with van der Waals surface area (Å²) in [6.45, 7) is 3.74. The highest BCUT2D eigenvalue weighted by atomic mass is 32.2. The zero-order valence-corrected chi connectivity index (χ0v) is 13.3. The number of nitrogens with zero attached hydrogens (tertiary/aromatic N) is 2. The average molecular weight is 319 g/mol. The van der Waals surface area contributed by atoms with E-state index in [1.54, 1.807) is 4.31 Å². The number of para-hydroxylation sites is 1. The zero-order valence-electron chi connectivity index (χ0n) is 12.5. The van der Waals surface area contributed by atoms with Gasteiger partial charge in [-0.2, -0.15) is 4.31 Å². The summed E-state index contributed by atoms with van der Waals surface area (Å²) < 4.78 is 26.2. The Morgan fingerprint density at radius 1 is 1.09 bits per heavy atom. The van der Waals surface area contributed by atoms with Gasteiger partial charge in [0.2, 0.25) is 10.0 Å². The fourth-order valence-corrected chi connectivity index (χ4v) is 5.07. The largest absolute Gasteiger partial charge is 0.361 e. The van der Waals surface area contributed by atoms with Crippen molar-refractivity contribution in [3.05, 3.63) is 36.0 Å². The number of sulfonamides is 1. The van der Waals surface area contributed by atoms with Crippen molar-refractivity contribution < 1.29 is 8.42 Å². The van der Waals surface area contributed by atoms with E-state index < -0.39 is 10.0 Å². The molecule has 0 atom stereocenters. The number of hydrogen-bond donors (Lipinski definition) is 1. The summed E-state index contributed by atoms with van der Waals surface area (Å²) in [6.07, 6.45) is 3.66. The Bertz CT molecular complexity index is 772. The summed E-state index contributed by atoms with van der Waals surface area (Å²) >= 11 is 0. The molecule has 2 aromatic rings. The Morgan fingerprint density at radius 2 is 1.86 bits per heavy atom. The lowest BCUT2D eigenvalue weighted by Crippen LogP contribution is -2.49. The normalized spacial score (nSPS) is 21.5. The molecule has 0 radical (unpaired) electrons.